The zero-order chi connectivity index (χ0) is 33.5. The van der Waals surface area contributed by atoms with Crippen LogP contribution in [-0.4, -0.2) is 0 Å². The fourth-order valence-corrected chi connectivity index (χ4v) is 9.76. The molecular weight excluding hydrogens is 633 g/mol. The van der Waals surface area contributed by atoms with Crippen molar-refractivity contribution in [1.82, 2.24) is 0 Å². The lowest BCUT2D eigenvalue weighted by Gasteiger charge is -2.19. The van der Waals surface area contributed by atoms with E-state index < -0.39 is 0 Å². The molecule has 1 heteroatoms. The normalized spacial score (nSPS) is 11.9. The molecule has 0 unspecified atom stereocenters. The minimum absolute atomic E-state index is 1.24. The predicted octanol–water partition coefficient (Wildman–Crippen LogP) is 14.8. The maximum atomic E-state index is 2.38. The molecule has 0 amide bonds. The van der Waals surface area contributed by atoms with E-state index in [-0.39, 0.29) is 0 Å². The minimum Gasteiger partial charge on any atom is -0.135 e. The third-order valence-electron chi connectivity index (χ3n) is 10.8. The summed E-state index contributed by atoms with van der Waals surface area (Å²) in [5.74, 6) is 0. The van der Waals surface area contributed by atoms with Gasteiger partial charge >= 0.3 is 0 Å². The number of thiophene rings is 1. The average molecular weight is 663 g/mol. The van der Waals surface area contributed by atoms with Crippen molar-refractivity contribution in [3.8, 4) is 33.4 Å². The minimum atomic E-state index is 1.24. The third kappa shape index (κ3) is 4.32. The van der Waals surface area contributed by atoms with E-state index in [1.54, 1.807) is 0 Å². The number of hydrogen-bond donors (Lipinski definition) is 0. The zero-order valence-corrected chi connectivity index (χ0v) is 28.5. The number of fused-ring (bicyclic) bond motifs is 9. The highest BCUT2D eigenvalue weighted by Gasteiger charge is 2.18. The first kappa shape index (κ1) is 28.5. The summed E-state index contributed by atoms with van der Waals surface area (Å²) in [5.41, 5.74) is 7.63. The first-order valence-electron chi connectivity index (χ1n) is 17.6. The van der Waals surface area contributed by atoms with Crippen molar-refractivity contribution >= 4 is 85.4 Å². The summed E-state index contributed by atoms with van der Waals surface area (Å²) in [7, 11) is 0. The van der Waals surface area contributed by atoms with Crippen LogP contribution in [0.4, 0.5) is 0 Å². The van der Waals surface area contributed by atoms with E-state index in [1.165, 1.54) is 107 Å². The molecule has 0 radical (unpaired) electrons. The van der Waals surface area contributed by atoms with Gasteiger partial charge in [0, 0.05) is 25.6 Å². The molecule has 0 saturated carbocycles. The van der Waals surface area contributed by atoms with Gasteiger partial charge in [0.05, 0.1) is 0 Å². The summed E-state index contributed by atoms with van der Waals surface area (Å²) in [6.07, 6.45) is 0. The van der Waals surface area contributed by atoms with Crippen LogP contribution in [0.25, 0.3) is 107 Å². The Hall–Kier alpha value is -6.28. The quantitative estimate of drug-likeness (QED) is 0.165. The fourth-order valence-electron chi connectivity index (χ4n) is 8.53. The fraction of sp³-hybridized carbons (Fsp3) is 0. The van der Waals surface area contributed by atoms with Crippen molar-refractivity contribution in [2.45, 2.75) is 0 Å². The maximum Gasteiger partial charge on any atom is 0.0434 e. The molecule has 1 heterocycles. The lowest BCUT2D eigenvalue weighted by atomic mass is 9.84. The van der Waals surface area contributed by atoms with Crippen molar-refractivity contribution in [3.63, 3.8) is 0 Å². The Morgan fingerprint density at radius 2 is 0.784 bits per heavy atom. The molecule has 1 aromatic heterocycles. The molecule has 0 fully saturated rings. The molecule has 0 aliphatic rings. The molecule has 0 nitrogen and oxygen atoms in total. The van der Waals surface area contributed by atoms with E-state index in [4.69, 9.17) is 0 Å². The maximum absolute atomic E-state index is 2.38. The Bertz CT molecular complexity index is 3130. The van der Waals surface area contributed by atoms with Crippen LogP contribution in [0, 0.1) is 0 Å². The van der Waals surface area contributed by atoms with Crippen molar-refractivity contribution in [1.29, 1.82) is 0 Å². The van der Waals surface area contributed by atoms with Gasteiger partial charge in [0.2, 0.25) is 0 Å². The molecule has 236 valence electrons. The van der Waals surface area contributed by atoms with Crippen LogP contribution in [0.5, 0.6) is 0 Å². The predicted molar refractivity (Wildman–Crippen MR) is 223 cm³/mol. The largest absolute Gasteiger partial charge is 0.135 e. The second kappa shape index (κ2) is 11.1. The van der Waals surface area contributed by atoms with Crippen LogP contribution < -0.4 is 0 Å². The highest BCUT2D eigenvalue weighted by Crippen LogP contribution is 2.46. The topological polar surface area (TPSA) is 0 Å². The van der Waals surface area contributed by atoms with Gasteiger partial charge in [-0.2, -0.15) is 0 Å². The SMILES string of the molecule is c1ccc2c(-c3c4ccccc4c(-c4ccc5cc(-c6cccc7c6ccc6c8ccccc8sc76)ccc5c4)c4ccccc34)cccc2c1. The van der Waals surface area contributed by atoms with Crippen LogP contribution in [0.15, 0.2) is 182 Å². The molecular formula is C50H30S. The first-order chi connectivity index (χ1) is 25.3. The molecule has 0 aliphatic heterocycles. The van der Waals surface area contributed by atoms with Gasteiger partial charge in [0.15, 0.2) is 0 Å². The molecule has 0 aliphatic carbocycles. The molecule has 10 aromatic carbocycles. The Labute approximate surface area is 299 Å². The van der Waals surface area contributed by atoms with Crippen LogP contribution in [0.1, 0.15) is 0 Å². The van der Waals surface area contributed by atoms with Gasteiger partial charge in [-0.25, -0.2) is 0 Å². The Morgan fingerprint density at radius 3 is 1.55 bits per heavy atom. The molecule has 0 bridgehead atoms. The monoisotopic (exact) mass is 662 g/mol. The second-order valence-corrected chi connectivity index (χ2v) is 14.6. The van der Waals surface area contributed by atoms with E-state index >= 15 is 0 Å². The Morgan fingerprint density at radius 1 is 0.275 bits per heavy atom. The summed E-state index contributed by atoms with van der Waals surface area (Å²) in [4.78, 5) is 0. The number of rotatable bonds is 3. The van der Waals surface area contributed by atoms with Gasteiger partial charge in [-0.15, -0.1) is 11.3 Å². The second-order valence-electron chi connectivity index (χ2n) is 13.6. The van der Waals surface area contributed by atoms with Gasteiger partial charge in [-0.1, -0.05) is 164 Å². The van der Waals surface area contributed by atoms with E-state index in [2.05, 4.69) is 182 Å². The summed E-state index contributed by atoms with van der Waals surface area (Å²) in [6.45, 7) is 0. The van der Waals surface area contributed by atoms with Gasteiger partial charge in [-0.05, 0) is 100 Å². The highest BCUT2D eigenvalue weighted by atomic mass is 32.1. The molecule has 51 heavy (non-hydrogen) atoms. The number of hydrogen-bond acceptors (Lipinski definition) is 1. The van der Waals surface area contributed by atoms with Crippen molar-refractivity contribution in [3.05, 3.63) is 182 Å². The summed E-state index contributed by atoms with van der Waals surface area (Å²) >= 11 is 1.90. The van der Waals surface area contributed by atoms with Crippen molar-refractivity contribution < 1.29 is 0 Å². The smallest absolute Gasteiger partial charge is 0.0434 e. The van der Waals surface area contributed by atoms with Crippen LogP contribution in [0.3, 0.4) is 0 Å². The summed E-state index contributed by atoms with van der Waals surface area (Å²) in [6, 6.07) is 67.5. The molecule has 11 rings (SSSR count). The molecule has 0 atom stereocenters. The van der Waals surface area contributed by atoms with E-state index in [0.717, 1.165) is 0 Å². The highest BCUT2D eigenvalue weighted by molar-refractivity contribution is 7.26. The van der Waals surface area contributed by atoms with Gasteiger partial charge in [0.1, 0.15) is 0 Å². The molecule has 0 N–H and O–H groups in total. The lowest BCUT2D eigenvalue weighted by molar-refractivity contribution is 1.67. The number of benzene rings is 10. The Kier molecular flexibility index (Phi) is 6.22. The van der Waals surface area contributed by atoms with E-state index in [9.17, 15) is 0 Å². The zero-order valence-electron chi connectivity index (χ0n) is 27.7. The van der Waals surface area contributed by atoms with Crippen molar-refractivity contribution in [2.24, 2.45) is 0 Å². The van der Waals surface area contributed by atoms with E-state index in [1.807, 2.05) is 11.3 Å². The lowest BCUT2D eigenvalue weighted by Crippen LogP contribution is -1.91. The summed E-state index contributed by atoms with van der Waals surface area (Å²) < 4.78 is 2.71. The average Bonchev–Trinajstić information content (AvgIpc) is 3.58. The van der Waals surface area contributed by atoms with Crippen LogP contribution in [-0.2, 0) is 0 Å². The van der Waals surface area contributed by atoms with Crippen LogP contribution in [0.2, 0.25) is 0 Å². The summed E-state index contributed by atoms with van der Waals surface area (Å²) in [5, 5.41) is 15.5. The van der Waals surface area contributed by atoms with Crippen molar-refractivity contribution in [2.75, 3.05) is 0 Å². The standard InChI is InChI=1S/C50H30S/c1-2-13-36-31(11-1)12-9-20-40(36)49-43-17-5-3-15-41(43)48(42-16-4-6-18-44(42)49)35-26-24-32-29-34(25-23-33(32)30-35)37-19-10-21-45-38(37)27-28-46-39-14-7-8-22-47(39)51-50(45)46/h1-30H. The Balaban J connectivity index is 1.09. The van der Waals surface area contributed by atoms with Gasteiger partial charge in [-0.3, -0.25) is 0 Å². The van der Waals surface area contributed by atoms with E-state index in [0.29, 0.717) is 0 Å². The molecule has 0 saturated heterocycles. The first-order valence-corrected chi connectivity index (χ1v) is 18.4. The van der Waals surface area contributed by atoms with Gasteiger partial charge in [0.25, 0.3) is 0 Å². The van der Waals surface area contributed by atoms with Gasteiger partial charge < -0.3 is 0 Å². The molecule has 0 spiro atoms. The third-order valence-corrected chi connectivity index (χ3v) is 12.1. The van der Waals surface area contributed by atoms with Crippen LogP contribution >= 0.6 is 11.3 Å². The molecule has 11 aromatic rings.